The van der Waals surface area contributed by atoms with Crippen molar-refractivity contribution < 1.29 is 5.11 Å². The summed E-state index contributed by atoms with van der Waals surface area (Å²) in [4.78, 5) is 18.0. The molecular weight excluding hydrogens is 374 g/mol. The SMILES string of the molecule is Cc1cccnc1-c1ccc2c(Nc3ccc(C(C)(C)C)cc3)nc(CO)nc2n1. The van der Waals surface area contributed by atoms with Crippen LogP contribution in [-0.4, -0.2) is 25.0 Å². The Morgan fingerprint density at radius 1 is 0.933 bits per heavy atom. The molecule has 0 spiro atoms. The lowest BCUT2D eigenvalue weighted by Gasteiger charge is -2.19. The third-order valence-corrected chi connectivity index (χ3v) is 5.01. The largest absolute Gasteiger partial charge is 0.388 e. The number of aryl methyl sites for hydroxylation is 1. The zero-order valence-corrected chi connectivity index (χ0v) is 17.6. The normalized spacial score (nSPS) is 11.6. The van der Waals surface area contributed by atoms with Crippen molar-refractivity contribution >= 4 is 22.5 Å². The zero-order valence-electron chi connectivity index (χ0n) is 17.6. The molecule has 3 heterocycles. The van der Waals surface area contributed by atoms with Gasteiger partial charge in [0, 0.05) is 11.9 Å². The number of rotatable bonds is 4. The molecule has 1 aromatic carbocycles. The predicted octanol–water partition coefficient (Wildman–Crippen LogP) is 4.93. The van der Waals surface area contributed by atoms with Gasteiger partial charge in [-0.1, -0.05) is 39.0 Å². The van der Waals surface area contributed by atoms with E-state index >= 15 is 0 Å². The standard InChI is InChI=1S/C24H25N5O/c1-15-6-5-13-25-21(15)19-12-11-18-22(28-20(14-30)29-23(18)27-19)26-17-9-7-16(8-10-17)24(2,3)4/h5-13,30H,14H2,1-4H3,(H,26,27,28,29). The summed E-state index contributed by atoms with van der Waals surface area (Å²) in [6.45, 7) is 8.30. The number of pyridine rings is 2. The number of benzene rings is 1. The third kappa shape index (κ3) is 4.00. The second-order valence-corrected chi connectivity index (χ2v) is 8.34. The molecule has 0 saturated carbocycles. The van der Waals surface area contributed by atoms with Crippen molar-refractivity contribution in [2.75, 3.05) is 5.32 Å². The van der Waals surface area contributed by atoms with Crippen LogP contribution in [0.2, 0.25) is 0 Å². The minimum Gasteiger partial charge on any atom is -0.388 e. The number of nitrogens with zero attached hydrogens (tertiary/aromatic N) is 4. The molecule has 0 saturated heterocycles. The van der Waals surface area contributed by atoms with E-state index in [1.165, 1.54) is 5.56 Å². The van der Waals surface area contributed by atoms with Crippen LogP contribution in [0, 0.1) is 6.92 Å². The molecular formula is C24H25N5O. The van der Waals surface area contributed by atoms with E-state index in [1.807, 2.05) is 43.3 Å². The summed E-state index contributed by atoms with van der Waals surface area (Å²) in [7, 11) is 0. The van der Waals surface area contributed by atoms with E-state index in [0.29, 0.717) is 17.3 Å². The summed E-state index contributed by atoms with van der Waals surface area (Å²) in [5, 5.41) is 13.8. The Morgan fingerprint density at radius 3 is 2.37 bits per heavy atom. The first-order chi connectivity index (χ1) is 14.3. The molecule has 0 aliphatic heterocycles. The summed E-state index contributed by atoms with van der Waals surface area (Å²) in [5.41, 5.74) is 5.38. The molecule has 0 bridgehead atoms. The van der Waals surface area contributed by atoms with Crippen LogP contribution in [-0.2, 0) is 12.0 Å². The highest BCUT2D eigenvalue weighted by Crippen LogP contribution is 2.28. The van der Waals surface area contributed by atoms with E-state index in [9.17, 15) is 5.11 Å². The molecule has 6 heteroatoms. The first-order valence-corrected chi connectivity index (χ1v) is 9.93. The van der Waals surface area contributed by atoms with Gasteiger partial charge in [-0.2, -0.15) is 0 Å². The Bertz CT molecular complexity index is 1200. The molecule has 6 nitrogen and oxygen atoms in total. The maximum Gasteiger partial charge on any atom is 0.165 e. The number of aliphatic hydroxyl groups excluding tert-OH is 1. The average Bonchev–Trinajstić information content (AvgIpc) is 2.73. The van der Waals surface area contributed by atoms with Crippen LogP contribution in [0.3, 0.4) is 0 Å². The highest BCUT2D eigenvalue weighted by atomic mass is 16.3. The van der Waals surface area contributed by atoms with Crippen molar-refractivity contribution in [1.82, 2.24) is 19.9 Å². The average molecular weight is 399 g/mol. The Balaban J connectivity index is 1.75. The van der Waals surface area contributed by atoms with Crippen LogP contribution in [0.25, 0.3) is 22.4 Å². The van der Waals surface area contributed by atoms with Gasteiger partial charge in [-0.3, -0.25) is 4.98 Å². The van der Waals surface area contributed by atoms with Crippen molar-refractivity contribution in [3.05, 3.63) is 71.7 Å². The summed E-state index contributed by atoms with van der Waals surface area (Å²) >= 11 is 0. The van der Waals surface area contributed by atoms with E-state index in [4.69, 9.17) is 4.98 Å². The van der Waals surface area contributed by atoms with Gasteiger partial charge in [0.05, 0.1) is 16.8 Å². The zero-order chi connectivity index (χ0) is 21.3. The van der Waals surface area contributed by atoms with Crippen molar-refractivity contribution in [2.45, 2.75) is 39.7 Å². The van der Waals surface area contributed by atoms with Gasteiger partial charge in [-0.15, -0.1) is 0 Å². The van der Waals surface area contributed by atoms with Gasteiger partial charge in [0.25, 0.3) is 0 Å². The Morgan fingerprint density at radius 2 is 1.70 bits per heavy atom. The lowest BCUT2D eigenvalue weighted by Crippen LogP contribution is -2.10. The van der Waals surface area contributed by atoms with E-state index in [-0.39, 0.29) is 12.0 Å². The Labute approximate surface area is 176 Å². The smallest absolute Gasteiger partial charge is 0.165 e. The van der Waals surface area contributed by atoms with E-state index < -0.39 is 0 Å². The first kappa shape index (κ1) is 19.9. The van der Waals surface area contributed by atoms with Crippen molar-refractivity contribution in [3.8, 4) is 11.4 Å². The fourth-order valence-corrected chi connectivity index (χ4v) is 3.30. The molecule has 2 N–H and O–H groups in total. The van der Waals surface area contributed by atoms with Crippen LogP contribution in [0.15, 0.2) is 54.7 Å². The molecule has 0 atom stereocenters. The fourth-order valence-electron chi connectivity index (χ4n) is 3.30. The lowest BCUT2D eigenvalue weighted by molar-refractivity contribution is 0.272. The second kappa shape index (κ2) is 7.80. The minimum absolute atomic E-state index is 0.0914. The minimum atomic E-state index is -0.262. The van der Waals surface area contributed by atoms with Crippen LogP contribution in [0.1, 0.15) is 37.7 Å². The molecule has 4 aromatic rings. The van der Waals surface area contributed by atoms with Gasteiger partial charge in [-0.25, -0.2) is 15.0 Å². The maximum absolute atomic E-state index is 9.65. The Kier molecular flexibility index (Phi) is 5.18. The van der Waals surface area contributed by atoms with Gasteiger partial charge < -0.3 is 10.4 Å². The van der Waals surface area contributed by atoms with Gasteiger partial charge in [-0.05, 0) is 53.8 Å². The molecule has 0 aliphatic rings. The fraction of sp³-hybridized carbons (Fsp3) is 0.250. The number of aliphatic hydroxyl groups is 1. The number of nitrogens with one attached hydrogen (secondary N) is 1. The van der Waals surface area contributed by atoms with Crippen LogP contribution in [0.4, 0.5) is 11.5 Å². The lowest BCUT2D eigenvalue weighted by atomic mass is 9.87. The van der Waals surface area contributed by atoms with Crippen molar-refractivity contribution in [1.29, 1.82) is 0 Å². The van der Waals surface area contributed by atoms with Gasteiger partial charge in [0.1, 0.15) is 12.4 Å². The molecule has 0 amide bonds. The Hall–Kier alpha value is -3.38. The molecule has 152 valence electrons. The number of hydrogen-bond acceptors (Lipinski definition) is 6. The van der Waals surface area contributed by atoms with E-state index in [2.05, 4.69) is 53.2 Å². The summed E-state index contributed by atoms with van der Waals surface area (Å²) in [5.74, 6) is 0.933. The third-order valence-electron chi connectivity index (χ3n) is 5.01. The number of aromatic nitrogens is 4. The first-order valence-electron chi connectivity index (χ1n) is 9.93. The highest BCUT2D eigenvalue weighted by molar-refractivity contribution is 5.90. The quantitative estimate of drug-likeness (QED) is 0.506. The van der Waals surface area contributed by atoms with Crippen LogP contribution in [0.5, 0.6) is 0 Å². The summed E-state index contributed by atoms with van der Waals surface area (Å²) in [6.07, 6.45) is 1.75. The van der Waals surface area contributed by atoms with Crippen LogP contribution < -0.4 is 5.32 Å². The maximum atomic E-state index is 9.65. The molecule has 0 unspecified atom stereocenters. The number of fused-ring (bicyclic) bond motifs is 1. The molecule has 4 rings (SSSR count). The predicted molar refractivity (Wildman–Crippen MR) is 120 cm³/mol. The summed E-state index contributed by atoms with van der Waals surface area (Å²) < 4.78 is 0. The molecule has 0 fully saturated rings. The topological polar surface area (TPSA) is 83.8 Å². The monoisotopic (exact) mass is 399 g/mol. The van der Waals surface area contributed by atoms with E-state index in [1.54, 1.807) is 6.20 Å². The van der Waals surface area contributed by atoms with Gasteiger partial charge in [0.2, 0.25) is 0 Å². The van der Waals surface area contributed by atoms with Crippen LogP contribution >= 0.6 is 0 Å². The number of anilines is 2. The van der Waals surface area contributed by atoms with Gasteiger partial charge >= 0.3 is 0 Å². The summed E-state index contributed by atoms with van der Waals surface area (Å²) in [6, 6.07) is 16.1. The molecule has 0 aliphatic carbocycles. The highest BCUT2D eigenvalue weighted by Gasteiger charge is 2.15. The van der Waals surface area contributed by atoms with Gasteiger partial charge in [0.15, 0.2) is 11.5 Å². The van der Waals surface area contributed by atoms with Crippen molar-refractivity contribution in [3.63, 3.8) is 0 Å². The van der Waals surface area contributed by atoms with Crippen molar-refractivity contribution in [2.24, 2.45) is 0 Å². The molecule has 3 aromatic heterocycles. The second-order valence-electron chi connectivity index (χ2n) is 8.34. The van der Waals surface area contributed by atoms with E-state index in [0.717, 1.165) is 28.0 Å². The molecule has 30 heavy (non-hydrogen) atoms. The number of hydrogen-bond donors (Lipinski definition) is 2. The molecule has 0 radical (unpaired) electrons.